The van der Waals surface area contributed by atoms with Crippen molar-refractivity contribution in [2.75, 3.05) is 0 Å². The molecule has 1 aliphatic rings. The average Bonchev–Trinajstić information content (AvgIpc) is 2.35. The van der Waals surface area contributed by atoms with Crippen LogP contribution in [0.1, 0.15) is 38.7 Å². The van der Waals surface area contributed by atoms with Crippen LogP contribution in [0.25, 0.3) is 0 Å². The number of hydrogen-bond donors (Lipinski definition) is 1. The molecule has 0 spiro atoms. The van der Waals surface area contributed by atoms with Gasteiger partial charge in [-0.05, 0) is 59.2 Å². The molecule has 1 aliphatic carbocycles. The van der Waals surface area contributed by atoms with E-state index in [1.807, 2.05) is 0 Å². The monoisotopic (exact) mass is 332 g/mol. The molecule has 1 nitrogen and oxygen atoms in total. The quantitative estimate of drug-likeness (QED) is 0.793. The fourth-order valence-electron chi connectivity index (χ4n) is 2.90. The second-order valence-electron chi connectivity index (χ2n) is 5.92. The molecule has 0 amide bonds. The van der Waals surface area contributed by atoms with Crippen molar-refractivity contribution in [3.05, 3.63) is 33.8 Å². The minimum absolute atomic E-state index is 0.0152. The molecule has 106 valence electrons. The largest absolute Gasteiger partial charge is 0.390 e. The third kappa shape index (κ3) is 3.16. The predicted octanol–water partition coefficient (Wildman–Crippen LogP) is 4.46. The molecular weight excluding hydrogens is 314 g/mol. The summed E-state index contributed by atoms with van der Waals surface area (Å²) >= 11 is 3.06. The molecule has 0 aromatic heterocycles. The number of rotatable bonds is 2. The number of benzene rings is 1. The van der Waals surface area contributed by atoms with E-state index in [9.17, 15) is 13.9 Å². The smallest absolute Gasteiger partial charge is 0.143 e. The van der Waals surface area contributed by atoms with E-state index in [-0.39, 0.29) is 16.5 Å². The van der Waals surface area contributed by atoms with Crippen LogP contribution in [0.3, 0.4) is 0 Å². The Morgan fingerprint density at radius 1 is 1.32 bits per heavy atom. The lowest BCUT2D eigenvalue weighted by Gasteiger charge is -2.39. The van der Waals surface area contributed by atoms with Gasteiger partial charge in [0, 0.05) is 12.0 Å². The SMILES string of the molecule is CC1CCC(O)(Cc2c(F)ccc(Br)c2F)CC1C. The Labute approximate surface area is 121 Å². The summed E-state index contributed by atoms with van der Waals surface area (Å²) in [5.41, 5.74) is -1.01. The van der Waals surface area contributed by atoms with Crippen molar-refractivity contribution in [2.24, 2.45) is 11.8 Å². The van der Waals surface area contributed by atoms with Crippen LogP contribution in [0.5, 0.6) is 0 Å². The number of aliphatic hydroxyl groups is 1. The van der Waals surface area contributed by atoms with Crippen molar-refractivity contribution in [3.8, 4) is 0 Å². The highest BCUT2D eigenvalue weighted by Gasteiger charge is 2.37. The normalized spacial score (nSPS) is 31.5. The van der Waals surface area contributed by atoms with Gasteiger partial charge in [-0.15, -0.1) is 0 Å². The van der Waals surface area contributed by atoms with E-state index >= 15 is 0 Å². The second-order valence-corrected chi connectivity index (χ2v) is 6.77. The third-order valence-electron chi connectivity index (χ3n) is 4.38. The van der Waals surface area contributed by atoms with Crippen LogP contribution < -0.4 is 0 Å². The summed E-state index contributed by atoms with van der Waals surface area (Å²) in [4.78, 5) is 0. The molecule has 0 bridgehead atoms. The van der Waals surface area contributed by atoms with Gasteiger partial charge >= 0.3 is 0 Å². The lowest BCUT2D eigenvalue weighted by Crippen LogP contribution is -2.40. The number of halogens is 3. The summed E-state index contributed by atoms with van der Waals surface area (Å²) in [6.07, 6.45) is 2.14. The van der Waals surface area contributed by atoms with E-state index < -0.39 is 17.2 Å². The molecule has 2 rings (SSSR count). The van der Waals surface area contributed by atoms with Crippen molar-refractivity contribution in [1.82, 2.24) is 0 Å². The summed E-state index contributed by atoms with van der Waals surface area (Å²) in [5.74, 6) is -0.255. The fraction of sp³-hybridized carbons (Fsp3) is 0.600. The molecule has 19 heavy (non-hydrogen) atoms. The van der Waals surface area contributed by atoms with E-state index in [4.69, 9.17) is 0 Å². The van der Waals surface area contributed by atoms with E-state index in [1.54, 1.807) is 0 Å². The predicted molar refractivity (Wildman–Crippen MR) is 74.9 cm³/mol. The molecule has 0 aliphatic heterocycles. The van der Waals surface area contributed by atoms with Crippen molar-refractivity contribution in [3.63, 3.8) is 0 Å². The Hall–Kier alpha value is -0.480. The molecule has 0 saturated heterocycles. The van der Waals surface area contributed by atoms with Gasteiger partial charge in [0.15, 0.2) is 0 Å². The Balaban J connectivity index is 2.24. The zero-order chi connectivity index (χ0) is 14.2. The van der Waals surface area contributed by atoms with Gasteiger partial charge in [-0.1, -0.05) is 13.8 Å². The molecule has 1 aromatic carbocycles. The minimum atomic E-state index is -0.992. The van der Waals surface area contributed by atoms with Gasteiger partial charge in [0.2, 0.25) is 0 Å². The minimum Gasteiger partial charge on any atom is -0.390 e. The maximum Gasteiger partial charge on any atom is 0.143 e. The molecule has 1 aromatic rings. The summed E-state index contributed by atoms with van der Waals surface area (Å²) < 4.78 is 28.0. The summed E-state index contributed by atoms with van der Waals surface area (Å²) in [6.45, 7) is 4.24. The molecule has 4 heteroatoms. The Morgan fingerprint density at radius 3 is 2.63 bits per heavy atom. The molecule has 3 unspecified atom stereocenters. The fourth-order valence-corrected chi connectivity index (χ4v) is 3.28. The molecule has 1 fully saturated rings. The van der Waals surface area contributed by atoms with Crippen molar-refractivity contribution in [1.29, 1.82) is 0 Å². The molecule has 0 radical (unpaired) electrons. The summed E-state index contributed by atoms with van der Waals surface area (Å²) in [6, 6.07) is 2.59. The second kappa shape index (κ2) is 5.49. The summed E-state index contributed by atoms with van der Waals surface area (Å²) in [5, 5.41) is 10.6. The van der Waals surface area contributed by atoms with Crippen LogP contribution in [-0.4, -0.2) is 10.7 Å². The Kier molecular flexibility index (Phi) is 4.31. The van der Waals surface area contributed by atoms with E-state index in [0.717, 1.165) is 6.42 Å². The molecule has 1 saturated carbocycles. The number of hydrogen-bond acceptors (Lipinski definition) is 1. The van der Waals surface area contributed by atoms with Crippen molar-refractivity contribution >= 4 is 15.9 Å². The average molecular weight is 333 g/mol. The van der Waals surface area contributed by atoms with Crippen molar-refractivity contribution in [2.45, 2.75) is 45.1 Å². The first-order valence-corrected chi connectivity index (χ1v) is 7.46. The van der Waals surface area contributed by atoms with Gasteiger partial charge in [0.05, 0.1) is 10.1 Å². The molecule has 1 N–H and O–H groups in total. The first-order valence-electron chi connectivity index (χ1n) is 6.67. The van der Waals surface area contributed by atoms with Crippen LogP contribution in [0.15, 0.2) is 16.6 Å². The van der Waals surface area contributed by atoms with Crippen LogP contribution in [0, 0.1) is 23.5 Å². The summed E-state index contributed by atoms with van der Waals surface area (Å²) in [7, 11) is 0. The maximum absolute atomic E-state index is 14.0. The topological polar surface area (TPSA) is 20.2 Å². The van der Waals surface area contributed by atoms with E-state index in [0.29, 0.717) is 24.7 Å². The van der Waals surface area contributed by atoms with Gasteiger partial charge < -0.3 is 5.11 Å². The molecule has 0 heterocycles. The molecular formula is C15H19BrF2O. The first-order chi connectivity index (χ1) is 8.82. The van der Waals surface area contributed by atoms with Crippen LogP contribution >= 0.6 is 15.9 Å². The zero-order valence-electron chi connectivity index (χ0n) is 11.2. The first kappa shape index (κ1) is 14.9. The molecule has 3 atom stereocenters. The van der Waals surface area contributed by atoms with Gasteiger partial charge in [0.1, 0.15) is 11.6 Å². The van der Waals surface area contributed by atoms with E-state index in [1.165, 1.54) is 12.1 Å². The standard InChI is InChI=1S/C15H19BrF2O/c1-9-5-6-15(19,7-10(9)2)8-11-13(17)4-3-12(16)14(11)18/h3-4,9-10,19H,5-8H2,1-2H3. The lowest BCUT2D eigenvalue weighted by atomic mass is 9.71. The van der Waals surface area contributed by atoms with Gasteiger partial charge in [-0.25, -0.2) is 8.78 Å². The van der Waals surface area contributed by atoms with E-state index in [2.05, 4.69) is 29.8 Å². The Morgan fingerprint density at radius 2 is 2.00 bits per heavy atom. The highest BCUT2D eigenvalue weighted by Crippen LogP contribution is 2.39. The Bertz CT molecular complexity index is 477. The lowest BCUT2D eigenvalue weighted by molar-refractivity contribution is -0.0291. The van der Waals surface area contributed by atoms with Crippen molar-refractivity contribution < 1.29 is 13.9 Å². The van der Waals surface area contributed by atoms with Crippen LogP contribution in [0.2, 0.25) is 0 Å². The van der Waals surface area contributed by atoms with Crippen LogP contribution in [0.4, 0.5) is 8.78 Å². The highest BCUT2D eigenvalue weighted by molar-refractivity contribution is 9.10. The third-order valence-corrected chi connectivity index (χ3v) is 5.00. The highest BCUT2D eigenvalue weighted by atomic mass is 79.9. The van der Waals surface area contributed by atoms with Crippen LogP contribution in [-0.2, 0) is 6.42 Å². The van der Waals surface area contributed by atoms with Gasteiger partial charge in [-0.2, -0.15) is 0 Å². The van der Waals surface area contributed by atoms with Gasteiger partial charge in [-0.3, -0.25) is 0 Å². The maximum atomic E-state index is 14.0. The zero-order valence-corrected chi connectivity index (χ0v) is 12.8. The van der Waals surface area contributed by atoms with Gasteiger partial charge in [0.25, 0.3) is 0 Å².